The van der Waals surface area contributed by atoms with Crippen molar-refractivity contribution in [3.8, 4) is 0 Å². The Morgan fingerprint density at radius 3 is 2.80 bits per heavy atom. The third-order valence-corrected chi connectivity index (χ3v) is 3.10. The van der Waals surface area contributed by atoms with E-state index in [1.807, 2.05) is 0 Å². The summed E-state index contributed by atoms with van der Waals surface area (Å²) in [5.74, 6) is 0. The zero-order chi connectivity index (χ0) is 11.4. The number of H-pyrrole nitrogens is 1. The van der Waals surface area contributed by atoms with Gasteiger partial charge in [0.2, 0.25) is 0 Å². The Hall–Kier alpha value is -0.370. The molecule has 1 aromatic rings. The molecule has 5 nitrogen and oxygen atoms in total. The summed E-state index contributed by atoms with van der Waals surface area (Å²) in [5, 5.41) is 19.6. The molecule has 1 rings (SSSR count). The van der Waals surface area contributed by atoms with Crippen molar-refractivity contribution >= 4 is 27.7 Å². The van der Waals surface area contributed by atoms with Crippen LogP contribution in [0.1, 0.15) is 11.7 Å². The number of aliphatic hydroxyl groups excluding tert-OH is 2. The van der Waals surface area contributed by atoms with Gasteiger partial charge in [0, 0.05) is 11.5 Å². The number of alkyl halides is 1. The van der Waals surface area contributed by atoms with Crippen LogP contribution in [0.25, 0.3) is 0 Å². The van der Waals surface area contributed by atoms with Crippen molar-refractivity contribution in [2.75, 3.05) is 11.6 Å². The Bertz CT molecular complexity index is 384. The first-order valence-electron chi connectivity index (χ1n) is 4.15. The van der Waals surface area contributed by atoms with Crippen molar-refractivity contribution in [1.82, 2.24) is 9.97 Å². The zero-order valence-corrected chi connectivity index (χ0v) is 10.4. The number of rotatable bonds is 4. The first-order valence-corrected chi connectivity index (χ1v) is 6.50. The highest BCUT2D eigenvalue weighted by molar-refractivity contribution is 9.09. The Labute approximate surface area is 99.1 Å². The van der Waals surface area contributed by atoms with E-state index < -0.39 is 17.8 Å². The van der Waals surface area contributed by atoms with Gasteiger partial charge in [-0.1, -0.05) is 27.7 Å². The average molecular weight is 295 g/mol. The summed E-state index contributed by atoms with van der Waals surface area (Å²) in [6.45, 7) is 0. The summed E-state index contributed by atoms with van der Waals surface area (Å²) >= 11 is 4.32. The van der Waals surface area contributed by atoms with E-state index >= 15 is 0 Å². The van der Waals surface area contributed by atoms with E-state index in [1.165, 1.54) is 18.0 Å². The molecule has 0 radical (unpaired) electrons. The van der Waals surface area contributed by atoms with Gasteiger partial charge in [-0.3, -0.25) is 4.79 Å². The van der Waals surface area contributed by atoms with Gasteiger partial charge in [-0.25, -0.2) is 4.98 Å². The summed E-state index contributed by atoms with van der Waals surface area (Å²) in [6.07, 6.45) is 0.813. The van der Waals surface area contributed by atoms with Crippen LogP contribution in [0.5, 0.6) is 0 Å². The molecule has 0 fully saturated rings. The number of aromatic nitrogens is 2. The fraction of sp³-hybridized carbons (Fsp3) is 0.500. The molecule has 84 valence electrons. The number of hydrogen-bond acceptors (Lipinski definition) is 5. The third-order valence-electron chi connectivity index (χ3n) is 1.84. The van der Waals surface area contributed by atoms with Gasteiger partial charge in [0.05, 0.1) is 11.7 Å². The molecular weight excluding hydrogens is 284 g/mol. The SMILES string of the molecule is CSc1ncc(C(O)C(O)CBr)c(=O)[nH]1. The summed E-state index contributed by atoms with van der Waals surface area (Å²) in [6, 6.07) is 0. The van der Waals surface area contributed by atoms with Crippen molar-refractivity contribution in [3.63, 3.8) is 0 Å². The number of nitrogens with zero attached hydrogens (tertiary/aromatic N) is 1. The van der Waals surface area contributed by atoms with Crippen molar-refractivity contribution in [2.24, 2.45) is 0 Å². The lowest BCUT2D eigenvalue weighted by molar-refractivity contribution is 0.0330. The topological polar surface area (TPSA) is 86.2 Å². The maximum atomic E-state index is 11.5. The first kappa shape index (κ1) is 12.7. The van der Waals surface area contributed by atoms with Crippen molar-refractivity contribution in [3.05, 3.63) is 22.1 Å². The van der Waals surface area contributed by atoms with Gasteiger partial charge >= 0.3 is 0 Å². The Kier molecular flexibility index (Phi) is 4.78. The van der Waals surface area contributed by atoms with Gasteiger partial charge in [0.15, 0.2) is 5.16 Å². The van der Waals surface area contributed by atoms with Gasteiger partial charge < -0.3 is 15.2 Å². The highest BCUT2D eigenvalue weighted by atomic mass is 79.9. The molecule has 1 aromatic heterocycles. The summed E-state index contributed by atoms with van der Waals surface area (Å²) < 4.78 is 0. The van der Waals surface area contributed by atoms with Crippen LogP contribution in [0.4, 0.5) is 0 Å². The van der Waals surface area contributed by atoms with Crippen LogP contribution in [0.3, 0.4) is 0 Å². The number of thioether (sulfide) groups is 1. The van der Waals surface area contributed by atoms with Gasteiger partial charge in [-0.2, -0.15) is 0 Å². The van der Waals surface area contributed by atoms with E-state index in [1.54, 1.807) is 6.26 Å². The van der Waals surface area contributed by atoms with Crippen LogP contribution in [-0.2, 0) is 0 Å². The highest BCUT2D eigenvalue weighted by Gasteiger charge is 2.20. The van der Waals surface area contributed by atoms with Crippen LogP contribution >= 0.6 is 27.7 Å². The fourth-order valence-corrected chi connectivity index (χ4v) is 1.70. The molecule has 0 aliphatic rings. The maximum absolute atomic E-state index is 11.5. The molecule has 0 amide bonds. The van der Waals surface area contributed by atoms with Gasteiger partial charge in [0.1, 0.15) is 6.10 Å². The summed E-state index contributed by atoms with van der Waals surface area (Å²) in [7, 11) is 0. The molecule has 1 heterocycles. The normalized spacial score (nSPS) is 14.9. The standard InChI is InChI=1S/C8H11BrN2O3S/c1-15-8-10-3-4(7(14)11-8)6(13)5(12)2-9/h3,5-6,12-13H,2H2,1H3,(H,10,11,14). The third kappa shape index (κ3) is 3.04. The van der Waals surface area contributed by atoms with E-state index in [9.17, 15) is 15.0 Å². The van der Waals surface area contributed by atoms with Crippen molar-refractivity contribution in [2.45, 2.75) is 17.4 Å². The Balaban J connectivity index is 3.00. The molecule has 15 heavy (non-hydrogen) atoms. The second kappa shape index (κ2) is 5.64. The molecule has 0 aliphatic heterocycles. The van der Waals surface area contributed by atoms with Crippen LogP contribution in [0.2, 0.25) is 0 Å². The number of hydrogen-bond donors (Lipinski definition) is 3. The van der Waals surface area contributed by atoms with Gasteiger partial charge in [0.25, 0.3) is 5.56 Å². The first-order chi connectivity index (χ1) is 7.10. The van der Waals surface area contributed by atoms with Gasteiger partial charge in [-0.15, -0.1) is 0 Å². The predicted octanol–water partition coefficient (Wildman–Crippen LogP) is 0.281. The molecular formula is C8H11BrN2O3S. The van der Waals surface area contributed by atoms with E-state index in [2.05, 4.69) is 25.9 Å². The van der Waals surface area contributed by atoms with Gasteiger partial charge in [-0.05, 0) is 6.26 Å². The number of aromatic amines is 1. The van der Waals surface area contributed by atoms with Crippen LogP contribution in [0, 0.1) is 0 Å². The second-order valence-corrected chi connectivity index (χ2v) is 4.29. The van der Waals surface area contributed by atoms with E-state index in [-0.39, 0.29) is 10.9 Å². The zero-order valence-electron chi connectivity index (χ0n) is 7.98. The molecule has 0 saturated heterocycles. The minimum absolute atomic E-state index is 0.0692. The summed E-state index contributed by atoms with van der Waals surface area (Å²) in [5.41, 5.74) is -0.360. The lowest BCUT2D eigenvalue weighted by Crippen LogP contribution is -2.26. The molecule has 2 atom stereocenters. The predicted molar refractivity (Wildman–Crippen MR) is 61.4 cm³/mol. The largest absolute Gasteiger partial charge is 0.389 e. The number of nitrogens with one attached hydrogen (secondary N) is 1. The molecule has 0 aliphatic carbocycles. The van der Waals surface area contributed by atoms with Crippen LogP contribution in [-0.4, -0.2) is 37.9 Å². The van der Waals surface area contributed by atoms with E-state index in [4.69, 9.17) is 0 Å². The molecule has 2 unspecified atom stereocenters. The molecule has 0 aromatic carbocycles. The van der Waals surface area contributed by atoms with Crippen LogP contribution in [0.15, 0.2) is 16.1 Å². The number of halogens is 1. The Morgan fingerprint density at radius 2 is 2.33 bits per heavy atom. The van der Waals surface area contributed by atoms with Crippen molar-refractivity contribution in [1.29, 1.82) is 0 Å². The lowest BCUT2D eigenvalue weighted by atomic mass is 10.1. The average Bonchev–Trinajstić information content (AvgIpc) is 2.26. The number of aliphatic hydroxyl groups is 2. The molecule has 0 saturated carbocycles. The lowest BCUT2D eigenvalue weighted by Gasteiger charge is -2.14. The smallest absolute Gasteiger partial charge is 0.257 e. The molecule has 0 spiro atoms. The highest BCUT2D eigenvalue weighted by Crippen LogP contribution is 2.14. The fourth-order valence-electron chi connectivity index (χ4n) is 0.994. The van der Waals surface area contributed by atoms with Crippen molar-refractivity contribution < 1.29 is 10.2 Å². The monoisotopic (exact) mass is 294 g/mol. The minimum atomic E-state index is -1.23. The van der Waals surface area contributed by atoms with E-state index in [0.717, 1.165) is 0 Å². The van der Waals surface area contributed by atoms with Crippen LogP contribution < -0.4 is 5.56 Å². The second-order valence-electron chi connectivity index (χ2n) is 2.84. The summed E-state index contributed by atoms with van der Waals surface area (Å²) in [4.78, 5) is 17.9. The molecule has 0 bridgehead atoms. The minimum Gasteiger partial charge on any atom is -0.389 e. The maximum Gasteiger partial charge on any atom is 0.257 e. The molecule has 3 N–H and O–H groups in total. The quantitative estimate of drug-likeness (QED) is 0.422. The van der Waals surface area contributed by atoms with E-state index in [0.29, 0.717) is 5.16 Å². The molecule has 7 heteroatoms. The Morgan fingerprint density at radius 1 is 1.67 bits per heavy atom.